The van der Waals surface area contributed by atoms with Crippen LogP contribution in [0.5, 0.6) is 0 Å². The summed E-state index contributed by atoms with van der Waals surface area (Å²) in [5.74, 6) is 0.112. The summed E-state index contributed by atoms with van der Waals surface area (Å²) in [6.07, 6.45) is 0. The Hall–Kier alpha value is -1.79. The molecule has 0 radical (unpaired) electrons. The van der Waals surface area contributed by atoms with Crippen molar-refractivity contribution in [3.8, 4) is 11.5 Å². The van der Waals surface area contributed by atoms with E-state index in [-0.39, 0.29) is 57.5 Å². The average Bonchev–Trinajstić information content (AvgIpc) is 3.04. The zero-order valence-electron chi connectivity index (χ0n) is 14.6. The Morgan fingerprint density at radius 2 is 1.66 bits per heavy atom. The molecule has 0 unspecified atom stereocenters. The molecule has 0 aliphatic carbocycles. The zero-order chi connectivity index (χ0) is 19.9. The van der Waals surface area contributed by atoms with Crippen molar-refractivity contribution in [2.45, 2.75) is 4.90 Å². The molecule has 0 aliphatic heterocycles. The van der Waals surface area contributed by atoms with Gasteiger partial charge in [-0.05, 0) is 53.5 Å². The third-order valence-electron chi connectivity index (χ3n) is 3.63. The average molecular weight is 460 g/mol. The monoisotopic (exact) mass is 459 g/mol. The van der Waals surface area contributed by atoms with Crippen LogP contribution in [0, 0.1) is 0 Å². The number of anilines is 2. The molecule has 13 heteroatoms. The molecule has 142 valence electrons. The van der Waals surface area contributed by atoms with Gasteiger partial charge in [-0.25, -0.2) is 13.4 Å². The van der Waals surface area contributed by atoms with Crippen LogP contribution in [-0.4, -0.2) is 32.9 Å². The fourth-order valence-electron chi connectivity index (χ4n) is 2.45. The summed E-state index contributed by atoms with van der Waals surface area (Å²) < 4.78 is 40.1. The molecular formula is C16H8Cl2N5NaO4S. The number of nitrogens with one attached hydrogen (secondary N) is 1. The molecule has 29 heavy (non-hydrogen) atoms. The fraction of sp³-hybridized carbons (Fsp3) is 0. The van der Waals surface area contributed by atoms with Crippen LogP contribution in [0.3, 0.4) is 0 Å². The summed E-state index contributed by atoms with van der Waals surface area (Å²) in [5, 5.41) is 2.58. The molecule has 0 spiro atoms. The summed E-state index contributed by atoms with van der Waals surface area (Å²) in [4.78, 5) is 15.3. The summed E-state index contributed by atoms with van der Waals surface area (Å²) in [7, 11) is -4.70. The van der Waals surface area contributed by atoms with E-state index >= 15 is 0 Å². The number of fused-ring (bicyclic) bond motifs is 1. The minimum absolute atomic E-state index is 0. The van der Waals surface area contributed by atoms with Crippen LogP contribution in [0.4, 0.5) is 11.6 Å². The Morgan fingerprint density at radius 3 is 2.31 bits per heavy atom. The summed E-state index contributed by atoms with van der Waals surface area (Å²) in [6.45, 7) is 0. The molecule has 2 aromatic heterocycles. The van der Waals surface area contributed by atoms with Crippen molar-refractivity contribution in [3.05, 3.63) is 53.0 Å². The van der Waals surface area contributed by atoms with Crippen LogP contribution in [-0.2, 0) is 10.1 Å². The van der Waals surface area contributed by atoms with Crippen LogP contribution >= 0.6 is 23.2 Å². The Bertz CT molecular complexity index is 1260. The van der Waals surface area contributed by atoms with Gasteiger partial charge in [0.2, 0.25) is 22.4 Å². The molecule has 9 nitrogen and oxygen atoms in total. The molecule has 0 saturated heterocycles. The number of benzene rings is 2. The minimum Gasteiger partial charge on any atom is -0.744 e. The number of hydrogen-bond acceptors (Lipinski definition) is 9. The predicted molar refractivity (Wildman–Crippen MR) is 101 cm³/mol. The van der Waals surface area contributed by atoms with Gasteiger partial charge in [0.05, 0.1) is 16.1 Å². The van der Waals surface area contributed by atoms with Crippen molar-refractivity contribution in [1.82, 2.24) is 19.9 Å². The van der Waals surface area contributed by atoms with Crippen molar-refractivity contribution in [1.29, 1.82) is 0 Å². The van der Waals surface area contributed by atoms with E-state index in [1.54, 1.807) is 24.3 Å². The van der Waals surface area contributed by atoms with Gasteiger partial charge in [0.25, 0.3) is 0 Å². The van der Waals surface area contributed by atoms with Crippen molar-refractivity contribution in [2.24, 2.45) is 0 Å². The van der Waals surface area contributed by atoms with E-state index < -0.39 is 15.0 Å². The van der Waals surface area contributed by atoms with Crippen LogP contribution in [0.25, 0.3) is 22.6 Å². The van der Waals surface area contributed by atoms with E-state index in [1.165, 1.54) is 6.07 Å². The third-order valence-corrected chi connectivity index (χ3v) is 4.80. The molecular weight excluding hydrogens is 452 g/mol. The van der Waals surface area contributed by atoms with E-state index in [0.29, 0.717) is 16.8 Å². The second-order valence-electron chi connectivity index (χ2n) is 5.47. The molecule has 4 rings (SSSR count). The van der Waals surface area contributed by atoms with Crippen molar-refractivity contribution < 1.29 is 46.9 Å². The molecule has 0 bridgehead atoms. The van der Waals surface area contributed by atoms with Crippen molar-refractivity contribution >= 4 is 56.1 Å². The largest absolute Gasteiger partial charge is 1.00 e. The fourth-order valence-corrected chi connectivity index (χ4v) is 3.31. The first-order valence-electron chi connectivity index (χ1n) is 7.59. The molecule has 4 aromatic rings. The Morgan fingerprint density at radius 1 is 0.966 bits per heavy atom. The minimum atomic E-state index is -4.70. The number of rotatable bonds is 4. The molecule has 0 fully saturated rings. The van der Waals surface area contributed by atoms with Gasteiger partial charge in [0, 0.05) is 0 Å². The first-order chi connectivity index (χ1) is 13.3. The first-order valence-corrected chi connectivity index (χ1v) is 9.76. The van der Waals surface area contributed by atoms with E-state index in [1.807, 2.05) is 0 Å². The maximum Gasteiger partial charge on any atom is 1.00 e. The number of hydrogen-bond donors (Lipinski definition) is 1. The smallest absolute Gasteiger partial charge is 0.744 e. The second-order valence-corrected chi connectivity index (χ2v) is 7.53. The number of halogens is 2. The van der Waals surface area contributed by atoms with Crippen LogP contribution in [0.2, 0.25) is 10.6 Å². The van der Waals surface area contributed by atoms with Gasteiger partial charge in [-0.15, -0.1) is 0 Å². The van der Waals surface area contributed by atoms with Gasteiger partial charge >= 0.3 is 29.6 Å². The Balaban J connectivity index is 0.00000240. The third kappa shape index (κ3) is 4.86. The Kier molecular flexibility index (Phi) is 6.44. The second kappa shape index (κ2) is 8.52. The molecule has 0 amide bonds. The first kappa shape index (κ1) is 21.9. The summed E-state index contributed by atoms with van der Waals surface area (Å²) in [6, 6.07) is 10.6. The molecule has 0 saturated carbocycles. The number of para-hydroxylation sites is 2. The molecule has 2 heterocycles. The van der Waals surface area contributed by atoms with Crippen molar-refractivity contribution in [2.75, 3.05) is 5.32 Å². The number of nitrogens with zero attached hydrogens (tertiary/aromatic N) is 4. The predicted octanol–water partition coefficient (Wildman–Crippen LogP) is 0.638. The van der Waals surface area contributed by atoms with Crippen LogP contribution < -0.4 is 34.9 Å². The Labute approximate surface area is 196 Å². The SMILES string of the molecule is O=S(=O)([O-])c1ccc(Nc2nc(Cl)nc(Cl)n2)c(-c2nc3ccccc3o2)c1.[Na+]. The normalized spacial score (nSPS) is 11.3. The molecule has 1 N–H and O–H groups in total. The van der Waals surface area contributed by atoms with Gasteiger partial charge in [-0.2, -0.15) is 15.0 Å². The molecule has 0 atom stereocenters. The number of aromatic nitrogens is 4. The quantitative estimate of drug-likeness (QED) is 0.344. The van der Waals surface area contributed by atoms with Crippen LogP contribution in [0.15, 0.2) is 51.8 Å². The van der Waals surface area contributed by atoms with E-state index in [9.17, 15) is 13.0 Å². The maximum atomic E-state index is 11.5. The zero-order valence-corrected chi connectivity index (χ0v) is 19.0. The van der Waals surface area contributed by atoms with E-state index in [0.717, 1.165) is 12.1 Å². The van der Waals surface area contributed by atoms with Gasteiger partial charge in [0.15, 0.2) is 5.58 Å². The van der Waals surface area contributed by atoms with Gasteiger partial charge < -0.3 is 14.3 Å². The summed E-state index contributed by atoms with van der Waals surface area (Å²) >= 11 is 11.5. The molecule has 2 aromatic carbocycles. The van der Waals surface area contributed by atoms with E-state index in [2.05, 4.69) is 25.3 Å². The van der Waals surface area contributed by atoms with Gasteiger partial charge in [-0.1, -0.05) is 12.1 Å². The maximum absolute atomic E-state index is 11.5. The van der Waals surface area contributed by atoms with Crippen LogP contribution in [0.1, 0.15) is 0 Å². The van der Waals surface area contributed by atoms with Crippen molar-refractivity contribution in [3.63, 3.8) is 0 Å². The topological polar surface area (TPSA) is 134 Å². The van der Waals surface area contributed by atoms with Gasteiger partial charge in [-0.3, -0.25) is 0 Å². The van der Waals surface area contributed by atoms with Gasteiger partial charge in [0.1, 0.15) is 15.6 Å². The standard InChI is InChI=1S/C16H9Cl2N5O4S.Na/c17-14-21-15(18)23-16(22-14)20-10-6-5-8(28(24,25)26)7-9(10)13-19-11-3-1-2-4-12(11)27-13;/h1-7H,(H,24,25,26)(H,20,21,22,23);/q;+1/p-1. The summed E-state index contributed by atoms with van der Waals surface area (Å²) in [5.41, 5.74) is 1.58. The van der Waals surface area contributed by atoms with E-state index in [4.69, 9.17) is 27.6 Å². The molecule has 0 aliphatic rings. The number of oxazole rings is 1.